The van der Waals surface area contributed by atoms with Crippen molar-refractivity contribution in [3.8, 4) is 5.75 Å². The Morgan fingerprint density at radius 1 is 1.11 bits per heavy atom. The fourth-order valence-corrected chi connectivity index (χ4v) is 4.77. The van der Waals surface area contributed by atoms with Crippen LogP contribution >= 0.6 is 11.6 Å². The molecule has 1 aliphatic rings. The molecular formula is C20H23ClN2O4S. The van der Waals surface area contributed by atoms with Gasteiger partial charge in [-0.1, -0.05) is 30.2 Å². The van der Waals surface area contributed by atoms with E-state index in [1.807, 2.05) is 0 Å². The number of rotatable bonds is 6. The lowest BCUT2D eigenvalue weighted by Gasteiger charge is -2.26. The van der Waals surface area contributed by atoms with E-state index in [4.69, 9.17) is 16.3 Å². The van der Waals surface area contributed by atoms with E-state index in [0.717, 1.165) is 19.3 Å². The molecule has 0 radical (unpaired) electrons. The van der Waals surface area contributed by atoms with Crippen molar-refractivity contribution in [3.05, 3.63) is 53.6 Å². The molecular weight excluding hydrogens is 400 g/mol. The van der Waals surface area contributed by atoms with Gasteiger partial charge in [0.15, 0.2) is 6.10 Å². The number of ether oxygens (including phenoxy) is 1. The third kappa shape index (κ3) is 5.04. The van der Waals surface area contributed by atoms with Crippen LogP contribution in [0.25, 0.3) is 0 Å². The van der Waals surface area contributed by atoms with Crippen LogP contribution in [0.3, 0.4) is 0 Å². The molecule has 1 saturated heterocycles. The Balaban J connectivity index is 1.69. The van der Waals surface area contributed by atoms with Crippen LogP contribution in [0, 0.1) is 0 Å². The molecule has 150 valence electrons. The minimum atomic E-state index is -3.56. The van der Waals surface area contributed by atoms with Crippen molar-refractivity contribution in [2.45, 2.75) is 37.2 Å². The monoisotopic (exact) mass is 422 g/mol. The second-order valence-electron chi connectivity index (χ2n) is 6.70. The number of nitrogens with one attached hydrogen (secondary N) is 1. The Hall–Kier alpha value is -2.09. The SMILES string of the molecule is CC(Oc1cccc(Cl)c1)C(=O)Nc1cccc(S(=O)(=O)N2CCCCC2)c1. The summed E-state index contributed by atoms with van der Waals surface area (Å²) < 4.78 is 32.7. The Labute approximate surface area is 170 Å². The maximum Gasteiger partial charge on any atom is 0.265 e. The number of halogens is 1. The minimum absolute atomic E-state index is 0.176. The van der Waals surface area contributed by atoms with Crippen LogP contribution in [0.4, 0.5) is 5.69 Å². The lowest BCUT2D eigenvalue weighted by atomic mass is 10.2. The predicted octanol–water partition coefficient (Wildman–Crippen LogP) is 3.92. The molecule has 1 fully saturated rings. The number of nitrogens with zero attached hydrogens (tertiary/aromatic N) is 1. The molecule has 0 aromatic heterocycles. The fraction of sp³-hybridized carbons (Fsp3) is 0.350. The molecule has 6 nitrogen and oxygen atoms in total. The number of amides is 1. The van der Waals surface area contributed by atoms with Gasteiger partial charge in [0.2, 0.25) is 10.0 Å². The van der Waals surface area contributed by atoms with Crippen molar-refractivity contribution in [1.29, 1.82) is 0 Å². The molecule has 1 N–H and O–H groups in total. The molecule has 1 amide bonds. The van der Waals surface area contributed by atoms with E-state index in [0.29, 0.717) is 29.5 Å². The van der Waals surface area contributed by atoms with Gasteiger partial charge in [0, 0.05) is 23.8 Å². The Bertz CT molecular complexity index is 943. The molecule has 3 rings (SSSR count). The zero-order valence-corrected chi connectivity index (χ0v) is 17.2. The van der Waals surface area contributed by atoms with Crippen molar-refractivity contribution in [2.24, 2.45) is 0 Å². The second-order valence-corrected chi connectivity index (χ2v) is 9.07. The molecule has 0 spiro atoms. The van der Waals surface area contributed by atoms with Gasteiger partial charge in [0.05, 0.1) is 4.90 Å². The Kier molecular flexibility index (Phi) is 6.59. The standard InChI is InChI=1S/C20H23ClN2O4S/c1-15(27-18-9-5-7-16(21)13-18)20(24)22-17-8-6-10-19(14-17)28(25,26)23-11-3-2-4-12-23/h5-10,13-15H,2-4,11-12H2,1H3,(H,22,24). The van der Waals surface area contributed by atoms with Gasteiger partial charge in [-0.3, -0.25) is 4.79 Å². The lowest BCUT2D eigenvalue weighted by Crippen LogP contribution is -2.35. The molecule has 0 aliphatic carbocycles. The van der Waals surface area contributed by atoms with Gasteiger partial charge < -0.3 is 10.1 Å². The molecule has 1 atom stereocenters. The summed E-state index contributed by atoms with van der Waals surface area (Å²) >= 11 is 5.92. The van der Waals surface area contributed by atoms with Crippen LogP contribution in [0.15, 0.2) is 53.4 Å². The number of carbonyl (C=O) groups excluding carboxylic acids is 1. The number of piperidine rings is 1. The van der Waals surface area contributed by atoms with Crippen molar-refractivity contribution in [3.63, 3.8) is 0 Å². The topological polar surface area (TPSA) is 75.7 Å². The van der Waals surface area contributed by atoms with Crippen LogP contribution < -0.4 is 10.1 Å². The highest BCUT2D eigenvalue weighted by Gasteiger charge is 2.26. The number of anilines is 1. The fourth-order valence-electron chi connectivity index (χ4n) is 3.03. The van der Waals surface area contributed by atoms with Crippen molar-refractivity contribution in [1.82, 2.24) is 4.31 Å². The Morgan fingerprint density at radius 3 is 2.54 bits per heavy atom. The van der Waals surface area contributed by atoms with E-state index >= 15 is 0 Å². The highest BCUT2D eigenvalue weighted by Crippen LogP contribution is 2.23. The van der Waals surface area contributed by atoms with Gasteiger partial charge in [0.25, 0.3) is 5.91 Å². The molecule has 2 aromatic carbocycles. The van der Waals surface area contributed by atoms with Gasteiger partial charge in [-0.05, 0) is 56.2 Å². The zero-order valence-electron chi connectivity index (χ0n) is 15.6. The smallest absolute Gasteiger partial charge is 0.265 e. The summed E-state index contributed by atoms with van der Waals surface area (Å²) in [6.45, 7) is 2.68. The summed E-state index contributed by atoms with van der Waals surface area (Å²) in [7, 11) is -3.56. The number of carbonyl (C=O) groups is 1. The molecule has 0 saturated carbocycles. The van der Waals surface area contributed by atoms with E-state index in [9.17, 15) is 13.2 Å². The van der Waals surface area contributed by atoms with Crippen molar-refractivity contribution < 1.29 is 17.9 Å². The van der Waals surface area contributed by atoms with Gasteiger partial charge in [0.1, 0.15) is 5.75 Å². The summed E-state index contributed by atoms with van der Waals surface area (Å²) in [4.78, 5) is 12.6. The lowest BCUT2D eigenvalue weighted by molar-refractivity contribution is -0.122. The summed E-state index contributed by atoms with van der Waals surface area (Å²) in [6.07, 6.45) is 2.01. The average Bonchev–Trinajstić information content (AvgIpc) is 2.69. The number of benzene rings is 2. The van der Waals surface area contributed by atoms with E-state index in [1.54, 1.807) is 49.4 Å². The van der Waals surface area contributed by atoms with Crippen LogP contribution in [0.1, 0.15) is 26.2 Å². The maximum absolute atomic E-state index is 12.8. The first-order valence-corrected chi connectivity index (χ1v) is 11.0. The molecule has 0 bridgehead atoms. The molecule has 2 aromatic rings. The quantitative estimate of drug-likeness (QED) is 0.765. The predicted molar refractivity (Wildman–Crippen MR) is 109 cm³/mol. The van der Waals surface area contributed by atoms with Crippen molar-refractivity contribution in [2.75, 3.05) is 18.4 Å². The van der Waals surface area contributed by atoms with E-state index < -0.39 is 16.1 Å². The van der Waals surface area contributed by atoms with Crippen molar-refractivity contribution >= 4 is 33.2 Å². The third-order valence-corrected chi connectivity index (χ3v) is 6.66. The molecule has 28 heavy (non-hydrogen) atoms. The highest BCUT2D eigenvalue weighted by molar-refractivity contribution is 7.89. The normalized spacial score (nSPS) is 16.4. The summed E-state index contributed by atoms with van der Waals surface area (Å²) in [6, 6.07) is 13.1. The number of hydrogen-bond acceptors (Lipinski definition) is 4. The molecule has 1 unspecified atom stereocenters. The van der Waals surface area contributed by atoms with Gasteiger partial charge in [-0.2, -0.15) is 4.31 Å². The summed E-state index contributed by atoms with van der Waals surface area (Å²) in [5.41, 5.74) is 0.407. The molecule has 8 heteroatoms. The first-order chi connectivity index (χ1) is 13.4. The molecule has 1 aliphatic heterocycles. The first-order valence-electron chi connectivity index (χ1n) is 9.19. The maximum atomic E-state index is 12.8. The minimum Gasteiger partial charge on any atom is -0.481 e. The van der Waals surface area contributed by atoms with E-state index in [1.165, 1.54) is 10.4 Å². The number of sulfonamides is 1. The average molecular weight is 423 g/mol. The van der Waals surface area contributed by atoms with Crippen LogP contribution in [0.2, 0.25) is 5.02 Å². The van der Waals surface area contributed by atoms with Gasteiger partial charge >= 0.3 is 0 Å². The van der Waals surface area contributed by atoms with Crippen LogP contribution in [-0.2, 0) is 14.8 Å². The molecule has 1 heterocycles. The van der Waals surface area contributed by atoms with Gasteiger partial charge in [-0.15, -0.1) is 0 Å². The van der Waals surface area contributed by atoms with E-state index in [2.05, 4.69) is 5.32 Å². The third-order valence-electron chi connectivity index (χ3n) is 4.53. The summed E-state index contributed by atoms with van der Waals surface area (Å²) in [5, 5.41) is 3.23. The van der Waals surface area contributed by atoms with Crippen LogP contribution in [0.5, 0.6) is 5.75 Å². The van der Waals surface area contributed by atoms with Gasteiger partial charge in [-0.25, -0.2) is 8.42 Å². The zero-order chi connectivity index (χ0) is 20.1. The van der Waals surface area contributed by atoms with E-state index in [-0.39, 0.29) is 10.8 Å². The largest absolute Gasteiger partial charge is 0.481 e. The first kappa shape index (κ1) is 20.6. The number of hydrogen-bond donors (Lipinski definition) is 1. The second kappa shape index (κ2) is 8.94. The summed E-state index contributed by atoms with van der Waals surface area (Å²) in [5.74, 6) is 0.101. The highest BCUT2D eigenvalue weighted by atomic mass is 35.5. The van der Waals surface area contributed by atoms with Crippen LogP contribution in [-0.4, -0.2) is 37.8 Å². The Morgan fingerprint density at radius 2 is 1.82 bits per heavy atom.